The van der Waals surface area contributed by atoms with Gasteiger partial charge in [0.05, 0.1) is 6.04 Å². The fourth-order valence-corrected chi connectivity index (χ4v) is 3.19. The molecule has 1 aliphatic rings. The summed E-state index contributed by atoms with van der Waals surface area (Å²) in [5, 5.41) is 22.6. The number of carboxylic acids is 2. The number of hydrogen-bond acceptors (Lipinski definition) is 7. The topological polar surface area (TPSA) is 222 Å². The van der Waals surface area contributed by atoms with Gasteiger partial charge in [-0.2, -0.15) is 0 Å². The van der Waals surface area contributed by atoms with Gasteiger partial charge in [-0.15, -0.1) is 0 Å². The molecule has 1 heterocycles. The van der Waals surface area contributed by atoms with Crippen LogP contribution >= 0.6 is 0 Å². The van der Waals surface area contributed by atoms with E-state index in [1.54, 1.807) is 0 Å². The highest BCUT2D eigenvalue weighted by molar-refractivity contribution is 5.94. The van der Waals surface area contributed by atoms with Gasteiger partial charge in [0, 0.05) is 19.4 Å². The Balaban J connectivity index is 2.91. The third-order valence-corrected chi connectivity index (χ3v) is 4.80. The van der Waals surface area contributed by atoms with E-state index in [2.05, 4.69) is 10.6 Å². The molecular weight excluding hydrogens is 414 g/mol. The lowest BCUT2D eigenvalue weighted by molar-refractivity contribution is -0.144. The normalized spacial score (nSPS) is 18.5. The molecule has 0 aromatic heterocycles. The van der Waals surface area contributed by atoms with E-state index in [-0.39, 0.29) is 19.3 Å². The van der Waals surface area contributed by atoms with Crippen LogP contribution in [0.25, 0.3) is 0 Å². The number of aliphatic carboxylic acids is 2. The van der Waals surface area contributed by atoms with Gasteiger partial charge in [-0.05, 0) is 32.6 Å². The predicted octanol–water partition coefficient (Wildman–Crippen LogP) is -2.49. The molecule has 0 radical (unpaired) electrons. The Hall–Kier alpha value is -3.22. The lowest BCUT2D eigenvalue weighted by Crippen LogP contribution is -2.56. The summed E-state index contributed by atoms with van der Waals surface area (Å²) in [5.41, 5.74) is 10.7. The highest BCUT2D eigenvalue weighted by Gasteiger charge is 2.37. The SMILES string of the molecule is CC(N)C(=O)N1CCCC1C(=O)NC(CCC(N)=O)C(=O)NC(CCC(=O)O)C(=O)O. The van der Waals surface area contributed by atoms with Gasteiger partial charge in [0.25, 0.3) is 0 Å². The van der Waals surface area contributed by atoms with Crippen molar-refractivity contribution in [3.63, 3.8) is 0 Å². The van der Waals surface area contributed by atoms with Crippen LogP contribution in [0.3, 0.4) is 0 Å². The van der Waals surface area contributed by atoms with Gasteiger partial charge >= 0.3 is 11.9 Å². The minimum Gasteiger partial charge on any atom is -0.481 e. The number of nitrogens with zero attached hydrogens (tertiary/aromatic N) is 1. The third kappa shape index (κ3) is 8.20. The van der Waals surface area contributed by atoms with Crippen LogP contribution in [-0.2, 0) is 28.8 Å². The predicted molar refractivity (Wildman–Crippen MR) is 105 cm³/mol. The molecule has 0 saturated carbocycles. The van der Waals surface area contributed by atoms with E-state index >= 15 is 0 Å². The van der Waals surface area contributed by atoms with Gasteiger partial charge in [-0.25, -0.2) is 4.79 Å². The van der Waals surface area contributed by atoms with Gasteiger partial charge in [0.15, 0.2) is 0 Å². The van der Waals surface area contributed by atoms with Gasteiger partial charge in [0.2, 0.25) is 23.6 Å². The zero-order valence-corrected chi connectivity index (χ0v) is 17.2. The molecule has 0 aliphatic carbocycles. The first-order chi connectivity index (χ1) is 14.4. The summed E-state index contributed by atoms with van der Waals surface area (Å²) in [6.45, 7) is 1.81. The minimum absolute atomic E-state index is 0.202. The Morgan fingerprint density at radius 1 is 1.03 bits per heavy atom. The Morgan fingerprint density at radius 2 is 1.65 bits per heavy atom. The summed E-state index contributed by atoms with van der Waals surface area (Å²) < 4.78 is 0. The molecule has 1 fully saturated rings. The van der Waals surface area contributed by atoms with Crippen molar-refractivity contribution < 1.29 is 39.0 Å². The van der Waals surface area contributed by atoms with Crippen molar-refractivity contribution in [2.75, 3.05) is 6.54 Å². The molecular formula is C18H29N5O8. The van der Waals surface area contributed by atoms with E-state index in [1.165, 1.54) is 11.8 Å². The molecule has 1 aliphatic heterocycles. The van der Waals surface area contributed by atoms with Crippen LogP contribution in [0, 0.1) is 0 Å². The van der Waals surface area contributed by atoms with Crippen molar-refractivity contribution in [1.29, 1.82) is 0 Å². The standard InChI is InChI=1S/C18H29N5O8/c1-9(19)17(29)23-8-2-3-12(23)16(28)21-10(4-6-13(20)24)15(27)22-11(18(30)31)5-7-14(25)26/h9-12H,2-8,19H2,1H3,(H2,20,24)(H,21,28)(H,22,27)(H,25,26)(H,30,31). The molecule has 4 atom stereocenters. The Kier molecular flexibility index (Phi) is 9.86. The van der Waals surface area contributed by atoms with Gasteiger partial charge in [0.1, 0.15) is 18.1 Å². The molecule has 174 valence electrons. The second kappa shape index (κ2) is 11.8. The average molecular weight is 443 g/mol. The number of carbonyl (C=O) groups is 6. The Labute approximate surface area is 178 Å². The smallest absolute Gasteiger partial charge is 0.326 e. The molecule has 8 N–H and O–H groups in total. The zero-order valence-electron chi connectivity index (χ0n) is 17.2. The van der Waals surface area contributed by atoms with E-state index in [4.69, 9.17) is 16.6 Å². The Morgan fingerprint density at radius 3 is 2.16 bits per heavy atom. The fraction of sp³-hybridized carbons (Fsp3) is 0.667. The van der Waals surface area contributed by atoms with E-state index < -0.39 is 66.2 Å². The van der Waals surface area contributed by atoms with Crippen molar-refractivity contribution in [3.05, 3.63) is 0 Å². The van der Waals surface area contributed by atoms with Crippen LogP contribution in [0.2, 0.25) is 0 Å². The van der Waals surface area contributed by atoms with Crippen LogP contribution in [-0.4, -0.2) is 81.4 Å². The number of rotatable bonds is 12. The molecule has 4 unspecified atom stereocenters. The third-order valence-electron chi connectivity index (χ3n) is 4.80. The van der Waals surface area contributed by atoms with Crippen molar-refractivity contribution in [2.45, 2.75) is 69.6 Å². The molecule has 1 saturated heterocycles. The number of hydrogen-bond donors (Lipinski definition) is 6. The van der Waals surface area contributed by atoms with E-state index in [0.29, 0.717) is 19.4 Å². The first-order valence-electron chi connectivity index (χ1n) is 9.83. The largest absolute Gasteiger partial charge is 0.481 e. The summed E-state index contributed by atoms with van der Waals surface area (Å²) in [5.74, 6) is -5.39. The molecule has 0 aromatic carbocycles. The lowest BCUT2D eigenvalue weighted by Gasteiger charge is -2.27. The highest BCUT2D eigenvalue weighted by Crippen LogP contribution is 2.18. The van der Waals surface area contributed by atoms with Crippen LogP contribution in [0.1, 0.15) is 45.4 Å². The van der Waals surface area contributed by atoms with Crippen LogP contribution in [0.5, 0.6) is 0 Å². The fourth-order valence-electron chi connectivity index (χ4n) is 3.19. The first kappa shape index (κ1) is 25.8. The molecule has 13 nitrogen and oxygen atoms in total. The summed E-state index contributed by atoms with van der Waals surface area (Å²) >= 11 is 0. The van der Waals surface area contributed by atoms with Gasteiger partial charge in [-0.3, -0.25) is 24.0 Å². The molecule has 13 heteroatoms. The van der Waals surface area contributed by atoms with Crippen molar-refractivity contribution in [2.24, 2.45) is 11.5 Å². The van der Waals surface area contributed by atoms with E-state index in [0.717, 1.165) is 0 Å². The van der Waals surface area contributed by atoms with Crippen LogP contribution in [0.15, 0.2) is 0 Å². The number of carboxylic acid groups (broad SMARTS) is 2. The summed E-state index contributed by atoms with van der Waals surface area (Å²) in [7, 11) is 0. The maximum absolute atomic E-state index is 12.7. The summed E-state index contributed by atoms with van der Waals surface area (Å²) in [6.07, 6.45) is -0.418. The zero-order chi connectivity index (χ0) is 23.7. The number of primary amides is 1. The molecule has 0 bridgehead atoms. The van der Waals surface area contributed by atoms with Crippen LogP contribution < -0.4 is 22.1 Å². The number of likely N-dealkylation sites (tertiary alicyclic amines) is 1. The van der Waals surface area contributed by atoms with E-state index in [9.17, 15) is 33.9 Å². The number of amides is 4. The maximum atomic E-state index is 12.7. The second-order valence-electron chi connectivity index (χ2n) is 7.38. The number of nitrogens with one attached hydrogen (secondary N) is 2. The lowest BCUT2D eigenvalue weighted by atomic mass is 10.1. The van der Waals surface area contributed by atoms with Crippen molar-refractivity contribution in [1.82, 2.24) is 15.5 Å². The molecule has 0 aromatic rings. The monoisotopic (exact) mass is 443 g/mol. The first-order valence-corrected chi connectivity index (χ1v) is 9.83. The molecule has 0 spiro atoms. The average Bonchev–Trinajstić information content (AvgIpc) is 3.16. The molecule has 31 heavy (non-hydrogen) atoms. The maximum Gasteiger partial charge on any atom is 0.326 e. The van der Waals surface area contributed by atoms with Crippen molar-refractivity contribution in [3.8, 4) is 0 Å². The van der Waals surface area contributed by atoms with Crippen molar-refractivity contribution >= 4 is 35.6 Å². The quantitative estimate of drug-likeness (QED) is 0.187. The van der Waals surface area contributed by atoms with Gasteiger partial charge in [-0.1, -0.05) is 0 Å². The Bertz CT molecular complexity index is 726. The summed E-state index contributed by atoms with van der Waals surface area (Å²) in [4.78, 5) is 72.0. The van der Waals surface area contributed by atoms with Gasteiger partial charge < -0.3 is 37.2 Å². The second-order valence-corrected chi connectivity index (χ2v) is 7.38. The minimum atomic E-state index is -1.50. The van der Waals surface area contributed by atoms with E-state index in [1.807, 2.05) is 0 Å². The van der Waals surface area contributed by atoms with Crippen LogP contribution in [0.4, 0.5) is 0 Å². The summed E-state index contributed by atoms with van der Waals surface area (Å²) in [6, 6.07) is -4.48. The highest BCUT2D eigenvalue weighted by atomic mass is 16.4. The number of carbonyl (C=O) groups excluding carboxylic acids is 4. The molecule has 4 amide bonds. The molecule has 1 rings (SSSR count). The number of nitrogens with two attached hydrogens (primary N) is 2.